The molecule has 2 heterocycles. The van der Waals surface area contributed by atoms with Gasteiger partial charge in [-0.25, -0.2) is 9.78 Å². The topological polar surface area (TPSA) is 120 Å². The number of aliphatic hydroxyl groups is 1. The molecule has 24 heavy (non-hydrogen) atoms. The number of hydrogen-bond donors (Lipinski definition) is 3. The van der Waals surface area contributed by atoms with Crippen molar-refractivity contribution in [3.63, 3.8) is 0 Å². The van der Waals surface area contributed by atoms with Gasteiger partial charge in [-0.1, -0.05) is 6.07 Å². The molecule has 0 spiro atoms. The molecule has 130 valence electrons. The van der Waals surface area contributed by atoms with E-state index in [1.54, 1.807) is 18.3 Å². The maximum absolute atomic E-state index is 12.4. The van der Waals surface area contributed by atoms with Crippen molar-refractivity contribution in [1.29, 1.82) is 0 Å². The van der Waals surface area contributed by atoms with Gasteiger partial charge in [-0.3, -0.25) is 9.59 Å². The number of aromatic nitrogens is 1. The van der Waals surface area contributed by atoms with Gasteiger partial charge in [-0.05, 0) is 27.6 Å². The number of aliphatic hydroxyl groups excluding tert-OH is 1. The molecular formula is C15H18BrN3O5. The summed E-state index contributed by atoms with van der Waals surface area (Å²) in [5.74, 6) is -2.12. The Morgan fingerprint density at radius 2 is 2.21 bits per heavy atom. The molecule has 0 aliphatic carbocycles. The Bertz CT molecular complexity index is 654. The van der Waals surface area contributed by atoms with Crippen molar-refractivity contribution in [1.82, 2.24) is 15.2 Å². The zero-order valence-electron chi connectivity index (χ0n) is 13.0. The van der Waals surface area contributed by atoms with Crippen molar-refractivity contribution < 1.29 is 24.6 Å². The molecule has 8 nitrogen and oxygen atoms in total. The van der Waals surface area contributed by atoms with Gasteiger partial charge in [0.05, 0.1) is 6.10 Å². The van der Waals surface area contributed by atoms with E-state index in [1.807, 2.05) is 0 Å². The first-order valence-electron chi connectivity index (χ1n) is 7.37. The smallest absolute Gasteiger partial charge is 0.326 e. The molecule has 1 aromatic heterocycles. The van der Waals surface area contributed by atoms with Crippen LogP contribution in [0.5, 0.6) is 0 Å². The average Bonchev–Trinajstić information content (AvgIpc) is 2.91. The van der Waals surface area contributed by atoms with Crippen molar-refractivity contribution in [3.05, 3.63) is 28.5 Å². The Balaban J connectivity index is 2.10. The zero-order chi connectivity index (χ0) is 17.9. The van der Waals surface area contributed by atoms with Crippen LogP contribution in [0.2, 0.25) is 0 Å². The summed E-state index contributed by atoms with van der Waals surface area (Å²) in [6.45, 7) is 1.37. The van der Waals surface area contributed by atoms with Crippen LogP contribution in [0.25, 0.3) is 0 Å². The minimum Gasteiger partial charge on any atom is -0.480 e. The first kappa shape index (κ1) is 18.3. The zero-order valence-corrected chi connectivity index (χ0v) is 14.6. The summed E-state index contributed by atoms with van der Waals surface area (Å²) >= 11 is 3.24. The third-order valence-corrected chi connectivity index (χ3v) is 4.58. The molecule has 1 fully saturated rings. The number of aliphatic carboxylic acids is 1. The van der Waals surface area contributed by atoms with Crippen LogP contribution in [0.15, 0.2) is 22.9 Å². The van der Waals surface area contributed by atoms with E-state index in [9.17, 15) is 24.6 Å². The van der Waals surface area contributed by atoms with E-state index in [1.165, 1.54) is 11.8 Å². The fraction of sp³-hybridized carbons (Fsp3) is 0.467. The first-order valence-corrected chi connectivity index (χ1v) is 8.16. The van der Waals surface area contributed by atoms with Gasteiger partial charge in [0.15, 0.2) is 0 Å². The number of carbonyl (C=O) groups is 3. The van der Waals surface area contributed by atoms with E-state index in [0.29, 0.717) is 10.2 Å². The van der Waals surface area contributed by atoms with Gasteiger partial charge in [-0.15, -0.1) is 0 Å². The summed E-state index contributed by atoms with van der Waals surface area (Å²) in [5, 5.41) is 21.5. The Labute approximate surface area is 147 Å². The summed E-state index contributed by atoms with van der Waals surface area (Å²) < 4.78 is 0.507. The van der Waals surface area contributed by atoms with Crippen LogP contribution in [-0.4, -0.2) is 62.6 Å². The number of likely N-dealkylation sites (tertiary alicyclic amines) is 1. The highest BCUT2D eigenvalue weighted by Gasteiger charge is 2.38. The van der Waals surface area contributed by atoms with E-state index in [-0.39, 0.29) is 25.3 Å². The number of rotatable bonds is 5. The molecule has 0 aromatic carbocycles. The third-order valence-electron chi connectivity index (χ3n) is 3.86. The fourth-order valence-corrected chi connectivity index (χ4v) is 3.08. The molecule has 9 heteroatoms. The molecule has 1 aromatic rings. The number of carboxylic acids is 1. The molecule has 1 saturated heterocycles. The fourth-order valence-electron chi connectivity index (χ4n) is 2.67. The third kappa shape index (κ3) is 4.30. The van der Waals surface area contributed by atoms with E-state index in [2.05, 4.69) is 26.2 Å². The SMILES string of the molecule is CC(=O)N1C[C@H](O)C[C@H]1C(=O)N[C@H](Cc1cccnc1Br)C(=O)O. The number of carboxylic acid groups (broad SMARTS) is 1. The number of nitrogens with zero attached hydrogens (tertiary/aromatic N) is 2. The van der Waals surface area contributed by atoms with Crippen LogP contribution in [0.4, 0.5) is 0 Å². The van der Waals surface area contributed by atoms with Gasteiger partial charge >= 0.3 is 5.97 Å². The molecule has 2 amide bonds. The first-order chi connectivity index (χ1) is 11.3. The summed E-state index contributed by atoms with van der Waals surface area (Å²) in [7, 11) is 0. The summed E-state index contributed by atoms with van der Waals surface area (Å²) in [4.78, 5) is 40.7. The molecule has 0 saturated carbocycles. The predicted molar refractivity (Wildman–Crippen MR) is 87.0 cm³/mol. The van der Waals surface area contributed by atoms with Crippen LogP contribution >= 0.6 is 15.9 Å². The monoisotopic (exact) mass is 399 g/mol. The Kier molecular flexibility index (Phi) is 5.89. The molecule has 1 aliphatic rings. The number of amides is 2. The number of carbonyl (C=O) groups excluding carboxylic acids is 2. The van der Waals surface area contributed by atoms with Crippen LogP contribution in [0, 0.1) is 0 Å². The lowest BCUT2D eigenvalue weighted by atomic mass is 10.1. The van der Waals surface area contributed by atoms with Crippen LogP contribution < -0.4 is 5.32 Å². The lowest BCUT2D eigenvalue weighted by Gasteiger charge is -2.24. The Hall–Kier alpha value is -2.00. The van der Waals surface area contributed by atoms with Gasteiger partial charge in [0, 0.05) is 32.5 Å². The molecule has 3 atom stereocenters. The van der Waals surface area contributed by atoms with Crippen LogP contribution in [-0.2, 0) is 20.8 Å². The van der Waals surface area contributed by atoms with Crippen LogP contribution in [0.3, 0.4) is 0 Å². The highest BCUT2D eigenvalue weighted by Crippen LogP contribution is 2.19. The maximum Gasteiger partial charge on any atom is 0.326 e. The minimum absolute atomic E-state index is 0.0465. The summed E-state index contributed by atoms with van der Waals surface area (Å²) in [5.41, 5.74) is 0.639. The lowest BCUT2D eigenvalue weighted by molar-refractivity contribution is -0.143. The van der Waals surface area contributed by atoms with E-state index in [4.69, 9.17) is 0 Å². The number of pyridine rings is 1. The molecule has 0 radical (unpaired) electrons. The molecule has 3 N–H and O–H groups in total. The molecule has 0 unspecified atom stereocenters. The number of hydrogen-bond acceptors (Lipinski definition) is 5. The number of β-amino-alcohol motifs (C(OH)–C–C–N with tert-alkyl or cyclic N) is 1. The molecular weight excluding hydrogens is 382 g/mol. The van der Waals surface area contributed by atoms with Crippen molar-refractivity contribution in [2.24, 2.45) is 0 Å². The number of nitrogens with one attached hydrogen (secondary N) is 1. The molecule has 0 bridgehead atoms. The quantitative estimate of drug-likeness (QED) is 0.596. The Morgan fingerprint density at radius 3 is 2.79 bits per heavy atom. The standard InChI is InChI=1S/C15H18BrN3O5/c1-8(20)19-7-10(21)6-12(19)14(22)18-11(15(23)24)5-9-3-2-4-17-13(9)16/h2-4,10-12,21H,5-7H2,1H3,(H,18,22)(H,23,24)/t10-,11-,12+/m1/s1. The average molecular weight is 400 g/mol. The number of halogens is 1. The van der Waals surface area contributed by atoms with Gasteiger partial charge in [0.1, 0.15) is 16.7 Å². The van der Waals surface area contributed by atoms with Gasteiger partial charge < -0.3 is 20.4 Å². The Morgan fingerprint density at radius 1 is 1.50 bits per heavy atom. The summed E-state index contributed by atoms with van der Waals surface area (Å²) in [6, 6.07) is 1.35. The van der Waals surface area contributed by atoms with E-state index >= 15 is 0 Å². The molecule has 1 aliphatic heterocycles. The highest BCUT2D eigenvalue weighted by atomic mass is 79.9. The van der Waals surface area contributed by atoms with Crippen LogP contribution in [0.1, 0.15) is 18.9 Å². The predicted octanol–water partition coefficient (Wildman–Crippen LogP) is -0.0623. The normalized spacial score (nSPS) is 21.4. The van der Waals surface area contributed by atoms with Gasteiger partial charge in [0.25, 0.3) is 0 Å². The van der Waals surface area contributed by atoms with Crippen molar-refractivity contribution in [2.45, 2.75) is 38.0 Å². The molecule has 2 rings (SSSR count). The van der Waals surface area contributed by atoms with Crippen molar-refractivity contribution in [2.75, 3.05) is 6.54 Å². The van der Waals surface area contributed by atoms with Crippen molar-refractivity contribution in [3.8, 4) is 0 Å². The van der Waals surface area contributed by atoms with Gasteiger partial charge in [-0.2, -0.15) is 0 Å². The highest BCUT2D eigenvalue weighted by molar-refractivity contribution is 9.10. The second kappa shape index (κ2) is 7.71. The summed E-state index contributed by atoms with van der Waals surface area (Å²) in [6.07, 6.45) is 0.909. The van der Waals surface area contributed by atoms with E-state index in [0.717, 1.165) is 0 Å². The second-order valence-corrected chi connectivity index (χ2v) is 6.38. The van der Waals surface area contributed by atoms with E-state index < -0.39 is 30.1 Å². The second-order valence-electron chi connectivity index (χ2n) is 5.63. The lowest BCUT2D eigenvalue weighted by Crippen LogP contribution is -2.51. The minimum atomic E-state index is -1.19. The maximum atomic E-state index is 12.4. The largest absolute Gasteiger partial charge is 0.480 e. The van der Waals surface area contributed by atoms with Gasteiger partial charge in [0.2, 0.25) is 11.8 Å². The van der Waals surface area contributed by atoms with Crippen molar-refractivity contribution >= 4 is 33.7 Å².